The van der Waals surface area contributed by atoms with Crippen molar-refractivity contribution in [3.63, 3.8) is 0 Å². The monoisotopic (exact) mass is 203 g/mol. The molecule has 0 bridgehead atoms. The molecule has 0 atom stereocenters. The third-order valence-corrected chi connectivity index (χ3v) is 3.43. The lowest BCUT2D eigenvalue weighted by molar-refractivity contribution is 0.604. The molecule has 2 heterocycles. The summed E-state index contributed by atoms with van der Waals surface area (Å²) in [5.74, 6) is 1.95. The summed E-state index contributed by atoms with van der Waals surface area (Å²) in [5, 5.41) is 0. The van der Waals surface area contributed by atoms with Crippen molar-refractivity contribution in [2.75, 3.05) is 18.0 Å². The first kappa shape index (κ1) is 9.13. The molecule has 80 valence electrons. The highest BCUT2D eigenvalue weighted by molar-refractivity contribution is 5.51. The van der Waals surface area contributed by atoms with Crippen molar-refractivity contribution in [3.8, 4) is 0 Å². The number of hydrogen-bond acceptors (Lipinski definition) is 3. The molecule has 1 saturated heterocycles. The van der Waals surface area contributed by atoms with Crippen molar-refractivity contribution in [1.29, 1.82) is 0 Å². The summed E-state index contributed by atoms with van der Waals surface area (Å²) in [6, 6.07) is 0. The summed E-state index contributed by atoms with van der Waals surface area (Å²) < 4.78 is 0. The molecule has 1 aliphatic heterocycles. The van der Waals surface area contributed by atoms with Crippen LogP contribution in [-0.4, -0.2) is 23.1 Å². The van der Waals surface area contributed by atoms with E-state index in [1.165, 1.54) is 49.4 Å². The van der Waals surface area contributed by atoms with Gasteiger partial charge in [0.05, 0.1) is 5.69 Å². The number of aromatic nitrogens is 2. The molecule has 2 aliphatic rings. The Kier molecular flexibility index (Phi) is 2.11. The van der Waals surface area contributed by atoms with Gasteiger partial charge >= 0.3 is 0 Å². The van der Waals surface area contributed by atoms with Crippen LogP contribution in [-0.2, 0) is 6.42 Å². The Morgan fingerprint density at radius 1 is 1.33 bits per heavy atom. The van der Waals surface area contributed by atoms with E-state index in [0.29, 0.717) is 0 Å². The van der Waals surface area contributed by atoms with E-state index in [2.05, 4.69) is 21.8 Å². The first-order chi connectivity index (χ1) is 7.40. The van der Waals surface area contributed by atoms with Crippen LogP contribution in [0.25, 0.3) is 0 Å². The van der Waals surface area contributed by atoms with Crippen LogP contribution in [0.5, 0.6) is 0 Å². The predicted octanol–water partition coefficient (Wildman–Crippen LogP) is 2.13. The minimum absolute atomic E-state index is 0.739. The lowest BCUT2D eigenvalue weighted by atomic mass is 10.1. The van der Waals surface area contributed by atoms with Crippen molar-refractivity contribution in [1.82, 2.24) is 9.97 Å². The van der Waals surface area contributed by atoms with Gasteiger partial charge in [-0.15, -0.1) is 0 Å². The van der Waals surface area contributed by atoms with Crippen molar-refractivity contribution < 1.29 is 0 Å². The van der Waals surface area contributed by atoms with E-state index in [1.807, 2.05) is 0 Å². The maximum atomic E-state index is 4.48. The maximum Gasteiger partial charge on any atom is 0.135 e. The largest absolute Gasteiger partial charge is 0.356 e. The third kappa shape index (κ3) is 1.50. The van der Waals surface area contributed by atoms with Crippen LogP contribution in [0.4, 0.5) is 5.82 Å². The minimum Gasteiger partial charge on any atom is -0.356 e. The van der Waals surface area contributed by atoms with Gasteiger partial charge in [-0.2, -0.15) is 0 Å². The molecule has 1 aromatic heterocycles. The summed E-state index contributed by atoms with van der Waals surface area (Å²) in [6.45, 7) is 4.57. The van der Waals surface area contributed by atoms with Gasteiger partial charge in [-0.05, 0) is 25.7 Å². The Bertz CT molecular complexity index is 367. The van der Waals surface area contributed by atoms with Crippen molar-refractivity contribution >= 4 is 5.82 Å². The molecule has 2 fully saturated rings. The average molecular weight is 203 g/mol. The van der Waals surface area contributed by atoms with Crippen molar-refractivity contribution in [2.24, 2.45) is 0 Å². The fraction of sp³-hybridized carbons (Fsp3) is 0.667. The van der Waals surface area contributed by atoms with Gasteiger partial charge in [-0.1, -0.05) is 6.92 Å². The van der Waals surface area contributed by atoms with Crippen LogP contribution in [0.15, 0.2) is 6.33 Å². The Morgan fingerprint density at radius 3 is 2.67 bits per heavy atom. The number of nitrogens with zero attached hydrogens (tertiary/aromatic N) is 3. The highest BCUT2D eigenvalue weighted by Crippen LogP contribution is 2.42. The minimum atomic E-state index is 0.739. The molecule has 0 amide bonds. The van der Waals surface area contributed by atoms with Crippen molar-refractivity contribution in [3.05, 3.63) is 17.6 Å². The van der Waals surface area contributed by atoms with Crippen LogP contribution in [0, 0.1) is 0 Å². The first-order valence-electron chi connectivity index (χ1n) is 5.99. The zero-order chi connectivity index (χ0) is 10.3. The SMILES string of the molecule is CCc1c(C2CC2)ncnc1N1CCC1. The standard InChI is InChI=1S/C12H17N3/c1-2-10-11(9-4-5-9)13-8-14-12(10)15-6-3-7-15/h8-9H,2-7H2,1H3. The van der Waals surface area contributed by atoms with Gasteiger partial charge in [0.2, 0.25) is 0 Å². The topological polar surface area (TPSA) is 29.0 Å². The summed E-state index contributed by atoms with van der Waals surface area (Å²) >= 11 is 0. The maximum absolute atomic E-state index is 4.48. The molecule has 0 radical (unpaired) electrons. The van der Waals surface area contributed by atoms with Crippen LogP contribution >= 0.6 is 0 Å². The summed E-state index contributed by atoms with van der Waals surface area (Å²) in [4.78, 5) is 11.3. The quantitative estimate of drug-likeness (QED) is 0.753. The lowest BCUT2D eigenvalue weighted by Crippen LogP contribution is -2.38. The summed E-state index contributed by atoms with van der Waals surface area (Å²) in [6.07, 6.45) is 6.78. The van der Waals surface area contributed by atoms with Gasteiger partial charge in [0.15, 0.2) is 0 Å². The van der Waals surface area contributed by atoms with Crippen LogP contribution in [0.1, 0.15) is 43.4 Å². The van der Waals surface area contributed by atoms with Crippen molar-refractivity contribution in [2.45, 2.75) is 38.5 Å². The van der Waals surface area contributed by atoms with E-state index in [4.69, 9.17) is 0 Å². The van der Waals surface area contributed by atoms with Gasteiger partial charge in [0, 0.05) is 24.6 Å². The number of anilines is 1. The van der Waals surface area contributed by atoms with Gasteiger partial charge in [-0.3, -0.25) is 0 Å². The van der Waals surface area contributed by atoms with Crippen LogP contribution in [0.3, 0.4) is 0 Å². The molecule has 3 nitrogen and oxygen atoms in total. The predicted molar refractivity (Wildman–Crippen MR) is 60.2 cm³/mol. The first-order valence-corrected chi connectivity index (χ1v) is 5.99. The second kappa shape index (κ2) is 3.47. The molecule has 0 N–H and O–H groups in total. The van der Waals surface area contributed by atoms with E-state index in [9.17, 15) is 0 Å². The fourth-order valence-electron chi connectivity index (χ4n) is 2.26. The molecular formula is C12H17N3. The summed E-state index contributed by atoms with van der Waals surface area (Å²) in [7, 11) is 0. The van der Waals surface area contributed by atoms with E-state index < -0.39 is 0 Å². The molecule has 3 heteroatoms. The van der Waals surface area contributed by atoms with E-state index >= 15 is 0 Å². The molecule has 3 rings (SSSR count). The lowest BCUT2D eigenvalue weighted by Gasteiger charge is -2.33. The zero-order valence-corrected chi connectivity index (χ0v) is 9.24. The van der Waals surface area contributed by atoms with Gasteiger partial charge < -0.3 is 4.90 Å². The van der Waals surface area contributed by atoms with Crippen LogP contribution in [0.2, 0.25) is 0 Å². The van der Waals surface area contributed by atoms with E-state index in [0.717, 1.165) is 12.3 Å². The molecule has 0 aromatic carbocycles. The smallest absolute Gasteiger partial charge is 0.135 e. The Labute approximate surface area is 90.5 Å². The molecule has 0 spiro atoms. The van der Waals surface area contributed by atoms with Gasteiger partial charge in [0.1, 0.15) is 12.1 Å². The van der Waals surface area contributed by atoms with Gasteiger partial charge in [0.25, 0.3) is 0 Å². The van der Waals surface area contributed by atoms with Crippen LogP contribution < -0.4 is 4.90 Å². The highest BCUT2D eigenvalue weighted by Gasteiger charge is 2.30. The normalized spacial score (nSPS) is 20.2. The Balaban J connectivity index is 2.00. The van der Waals surface area contributed by atoms with E-state index in [1.54, 1.807) is 6.33 Å². The number of rotatable bonds is 3. The molecule has 1 aliphatic carbocycles. The van der Waals surface area contributed by atoms with E-state index in [-0.39, 0.29) is 0 Å². The molecule has 1 aromatic rings. The second-order valence-electron chi connectivity index (χ2n) is 4.53. The number of hydrogen-bond donors (Lipinski definition) is 0. The molecule has 0 unspecified atom stereocenters. The van der Waals surface area contributed by atoms with Gasteiger partial charge in [-0.25, -0.2) is 9.97 Å². The molecule has 1 saturated carbocycles. The second-order valence-corrected chi connectivity index (χ2v) is 4.53. The Morgan fingerprint density at radius 2 is 2.13 bits per heavy atom. The third-order valence-electron chi connectivity index (χ3n) is 3.43. The summed E-state index contributed by atoms with van der Waals surface area (Å²) in [5.41, 5.74) is 2.73. The molecule has 15 heavy (non-hydrogen) atoms. The zero-order valence-electron chi connectivity index (χ0n) is 9.24. The average Bonchev–Trinajstić information content (AvgIpc) is 2.98. The molecular weight excluding hydrogens is 186 g/mol. The Hall–Kier alpha value is -1.12. The fourth-order valence-corrected chi connectivity index (χ4v) is 2.26. The highest BCUT2D eigenvalue weighted by atomic mass is 15.2.